The van der Waals surface area contributed by atoms with Crippen LogP contribution in [0.4, 0.5) is 0 Å². The molecule has 0 aliphatic heterocycles. The van der Waals surface area contributed by atoms with Crippen LogP contribution in [-0.4, -0.2) is 20.2 Å². The number of hydrogen-bond acceptors (Lipinski definition) is 3. The van der Waals surface area contributed by atoms with E-state index in [0.29, 0.717) is 0 Å². The lowest BCUT2D eigenvalue weighted by molar-refractivity contribution is 1.04. The summed E-state index contributed by atoms with van der Waals surface area (Å²) in [7, 11) is 0. The molecular weight excluding hydrogens is 404 g/mol. The van der Waals surface area contributed by atoms with Gasteiger partial charge in [-0.1, -0.05) is 103 Å². The van der Waals surface area contributed by atoms with E-state index < -0.39 is 0 Å². The van der Waals surface area contributed by atoms with E-state index in [2.05, 4.69) is 53.5 Å². The van der Waals surface area contributed by atoms with E-state index >= 15 is 0 Å². The van der Waals surface area contributed by atoms with Crippen molar-refractivity contribution in [3.05, 3.63) is 115 Å². The van der Waals surface area contributed by atoms with Gasteiger partial charge in [-0.15, -0.1) is 10.2 Å². The third kappa shape index (κ3) is 3.48. The van der Waals surface area contributed by atoms with Crippen molar-refractivity contribution in [1.29, 1.82) is 0 Å². The van der Waals surface area contributed by atoms with Gasteiger partial charge in [0, 0.05) is 16.7 Å². The number of benzene rings is 4. The monoisotopic (exact) mass is 424 g/mol. The molecule has 6 rings (SSSR count). The molecule has 4 nitrogen and oxygen atoms in total. The number of imidazole rings is 1. The van der Waals surface area contributed by atoms with Gasteiger partial charge in [-0.2, -0.15) is 0 Å². The quantitative estimate of drug-likeness (QED) is 0.331. The Hall–Kier alpha value is -4.57. The highest BCUT2D eigenvalue weighted by atomic mass is 15.1. The summed E-state index contributed by atoms with van der Waals surface area (Å²) in [5.74, 6) is 0.779. The molecule has 1 N–H and O–H groups in total. The van der Waals surface area contributed by atoms with Crippen molar-refractivity contribution in [2.45, 2.75) is 0 Å². The Morgan fingerprint density at radius 2 is 0.939 bits per heavy atom. The zero-order valence-electron chi connectivity index (χ0n) is 17.8. The Morgan fingerprint density at radius 3 is 1.52 bits per heavy atom. The molecule has 0 aliphatic rings. The summed E-state index contributed by atoms with van der Waals surface area (Å²) in [4.78, 5) is 8.50. The molecule has 0 saturated heterocycles. The van der Waals surface area contributed by atoms with Gasteiger partial charge in [0.2, 0.25) is 0 Å². The van der Waals surface area contributed by atoms with E-state index in [1.165, 1.54) is 0 Å². The van der Waals surface area contributed by atoms with Crippen LogP contribution in [0.15, 0.2) is 115 Å². The van der Waals surface area contributed by atoms with Crippen LogP contribution in [0.1, 0.15) is 0 Å². The number of H-pyrrole nitrogens is 1. The molecule has 4 aromatic carbocycles. The van der Waals surface area contributed by atoms with Crippen LogP contribution in [0, 0.1) is 0 Å². The normalized spacial score (nSPS) is 11.0. The Bertz CT molecular complexity index is 1510. The summed E-state index contributed by atoms with van der Waals surface area (Å²) in [6.07, 6.45) is 0. The summed E-state index contributed by atoms with van der Waals surface area (Å²) >= 11 is 0. The molecular formula is C29H20N4. The summed E-state index contributed by atoms with van der Waals surface area (Å²) in [6, 6.07) is 38.8. The smallest absolute Gasteiger partial charge is 0.141 e. The summed E-state index contributed by atoms with van der Waals surface area (Å²) < 4.78 is 0. The maximum Gasteiger partial charge on any atom is 0.141 e. The van der Waals surface area contributed by atoms with Crippen LogP contribution in [0.5, 0.6) is 0 Å². The van der Waals surface area contributed by atoms with Crippen molar-refractivity contribution in [2.75, 3.05) is 0 Å². The van der Waals surface area contributed by atoms with Gasteiger partial charge in [-0.3, -0.25) is 0 Å². The van der Waals surface area contributed by atoms with E-state index in [4.69, 9.17) is 15.2 Å². The highest BCUT2D eigenvalue weighted by Gasteiger charge is 2.23. The standard InChI is InChI=1S/C29H20N4/c1-4-12-20(13-5-1)25-26(29-30-23-18-10-11-19-24(23)31-29)28(22-16-8-3-9-17-22)33-32-27(25)21-14-6-2-7-15-21/h1-19H,(H,30,31). The van der Waals surface area contributed by atoms with Gasteiger partial charge in [0.1, 0.15) is 17.2 Å². The minimum Gasteiger partial charge on any atom is -0.338 e. The lowest BCUT2D eigenvalue weighted by Crippen LogP contribution is -2.01. The van der Waals surface area contributed by atoms with E-state index in [9.17, 15) is 0 Å². The van der Waals surface area contributed by atoms with Crippen molar-refractivity contribution >= 4 is 11.0 Å². The molecule has 0 spiro atoms. The van der Waals surface area contributed by atoms with Crippen LogP contribution in [0.3, 0.4) is 0 Å². The van der Waals surface area contributed by atoms with Gasteiger partial charge in [0.15, 0.2) is 0 Å². The van der Waals surface area contributed by atoms with Gasteiger partial charge in [-0.05, 0) is 17.7 Å². The first-order valence-electron chi connectivity index (χ1n) is 10.9. The first-order chi connectivity index (χ1) is 16.4. The number of aromatic nitrogens is 4. The zero-order valence-corrected chi connectivity index (χ0v) is 17.8. The van der Waals surface area contributed by atoms with Crippen molar-refractivity contribution in [3.63, 3.8) is 0 Å². The third-order valence-corrected chi connectivity index (χ3v) is 5.76. The van der Waals surface area contributed by atoms with Crippen LogP contribution in [0.2, 0.25) is 0 Å². The molecule has 0 aliphatic carbocycles. The molecule has 0 unspecified atom stereocenters. The zero-order chi connectivity index (χ0) is 22.0. The van der Waals surface area contributed by atoms with Crippen molar-refractivity contribution < 1.29 is 0 Å². The molecule has 0 amide bonds. The van der Waals surface area contributed by atoms with Gasteiger partial charge in [0.05, 0.1) is 16.6 Å². The van der Waals surface area contributed by atoms with Crippen LogP contribution >= 0.6 is 0 Å². The summed E-state index contributed by atoms with van der Waals surface area (Å²) in [6.45, 7) is 0. The minimum absolute atomic E-state index is 0.779. The summed E-state index contributed by atoms with van der Waals surface area (Å²) in [5.41, 5.74) is 8.57. The molecule has 6 aromatic rings. The van der Waals surface area contributed by atoms with E-state index in [1.807, 2.05) is 66.7 Å². The molecule has 0 fully saturated rings. The molecule has 4 heteroatoms. The Kier molecular flexibility index (Phi) is 4.74. The van der Waals surface area contributed by atoms with Crippen LogP contribution in [0.25, 0.3) is 56.1 Å². The van der Waals surface area contributed by atoms with Crippen LogP contribution < -0.4 is 0 Å². The lowest BCUT2D eigenvalue weighted by Gasteiger charge is -2.16. The van der Waals surface area contributed by atoms with Crippen molar-refractivity contribution in [1.82, 2.24) is 20.2 Å². The predicted octanol–water partition coefficient (Wildman–Crippen LogP) is 7.02. The summed E-state index contributed by atoms with van der Waals surface area (Å²) in [5, 5.41) is 9.50. The fourth-order valence-corrected chi connectivity index (χ4v) is 4.22. The molecule has 0 bridgehead atoms. The second kappa shape index (κ2) is 8.17. The third-order valence-electron chi connectivity index (χ3n) is 5.76. The first-order valence-corrected chi connectivity index (χ1v) is 10.9. The second-order valence-electron chi connectivity index (χ2n) is 7.85. The number of para-hydroxylation sites is 2. The SMILES string of the molecule is c1ccc(-c2nnc(-c3ccccc3)c(-c3nc4ccccc4[nH]3)c2-c2ccccc2)cc1. The molecule has 2 heterocycles. The molecule has 33 heavy (non-hydrogen) atoms. The topological polar surface area (TPSA) is 54.5 Å². The molecule has 0 saturated carbocycles. The van der Waals surface area contributed by atoms with E-state index in [-0.39, 0.29) is 0 Å². The molecule has 0 radical (unpaired) electrons. The first kappa shape index (κ1) is 19.1. The fourth-order valence-electron chi connectivity index (χ4n) is 4.22. The largest absolute Gasteiger partial charge is 0.338 e. The van der Waals surface area contributed by atoms with E-state index in [0.717, 1.165) is 56.1 Å². The number of aromatic amines is 1. The average molecular weight is 425 g/mol. The molecule has 0 atom stereocenters. The van der Waals surface area contributed by atoms with Gasteiger partial charge in [-0.25, -0.2) is 4.98 Å². The van der Waals surface area contributed by atoms with Gasteiger partial charge < -0.3 is 4.98 Å². The number of nitrogens with zero attached hydrogens (tertiary/aromatic N) is 3. The molecule has 156 valence electrons. The van der Waals surface area contributed by atoms with E-state index in [1.54, 1.807) is 0 Å². The lowest BCUT2D eigenvalue weighted by atomic mass is 9.92. The van der Waals surface area contributed by atoms with Crippen LogP contribution in [-0.2, 0) is 0 Å². The highest BCUT2D eigenvalue weighted by molar-refractivity contribution is 5.98. The van der Waals surface area contributed by atoms with Crippen molar-refractivity contribution in [2.24, 2.45) is 0 Å². The fraction of sp³-hybridized carbons (Fsp3) is 0. The number of fused-ring (bicyclic) bond motifs is 1. The van der Waals surface area contributed by atoms with Gasteiger partial charge in [0.25, 0.3) is 0 Å². The highest BCUT2D eigenvalue weighted by Crippen LogP contribution is 2.42. The predicted molar refractivity (Wildman–Crippen MR) is 133 cm³/mol. The number of nitrogens with one attached hydrogen (secondary N) is 1. The average Bonchev–Trinajstić information content (AvgIpc) is 3.33. The number of hydrogen-bond donors (Lipinski definition) is 1. The maximum atomic E-state index is 4.97. The maximum absolute atomic E-state index is 4.97. The Labute approximate surface area is 191 Å². The van der Waals surface area contributed by atoms with Gasteiger partial charge >= 0.3 is 0 Å². The molecule has 2 aromatic heterocycles. The Balaban J connectivity index is 1.75. The minimum atomic E-state index is 0.779. The number of rotatable bonds is 4. The Morgan fingerprint density at radius 1 is 0.455 bits per heavy atom. The second-order valence-corrected chi connectivity index (χ2v) is 7.85. The van der Waals surface area contributed by atoms with Crippen molar-refractivity contribution in [3.8, 4) is 45.0 Å².